The zero-order valence-corrected chi connectivity index (χ0v) is 20.1. The number of rotatable bonds is 10. The number of hydrogen-bond acceptors (Lipinski definition) is 5. The number of ether oxygens (including phenoxy) is 1. The van der Waals surface area contributed by atoms with Crippen LogP contribution in [-0.4, -0.2) is 46.5 Å². The molecule has 0 aromatic heterocycles. The Balaban J connectivity index is 1.63. The standard InChI is InChI=1S/C25H28FN3O4S/c1-4-33-22-12-14-23(15-13-22)34(31,32)28-21-10-8-18(9-11-21)25(30)27-17-24(29(2)3)19-6-5-7-20(26)16-19/h5-16,24,28H,4,17H2,1-3H3,(H,27,30). The van der Waals surface area contributed by atoms with E-state index in [2.05, 4.69) is 10.0 Å². The summed E-state index contributed by atoms with van der Waals surface area (Å²) in [7, 11) is -0.0772. The van der Waals surface area contributed by atoms with Gasteiger partial charge in [-0.15, -0.1) is 0 Å². The van der Waals surface area contributed by atoms with Crippen molar-refractivity contribution in [3.63, 3.8) is 0 Å². The number of benzene rings is 3. The molecule has 0 heterocycles. The summed E-state index contributed by atoms with van der Waals surface area (Å²) >= 11 is 0. The lowest BCUT2D eigenvalue weighted by molar-refractivity contribution is 0.0942. The Hall–Kier alpha value is -3.43. The molecule has 1 atom stereocenters. The maximum absolute atomic E-state index is 13.6. The van der Waals surface area contributed by atoms with Gasteiger partial charge in [0.25, 0.3) is 15.9 Å². The van der Waals surface area contributed by atoms with Crippen molar-refractivity contribution in [2.45, 2.75) is 17.9 Å². The average molecular weight is 486 g/mol. The summed E-state index contributed by atoms with van der Waals surface area (Å²) < 4.78 is 46.7. The molecule has 0 aliphatic carbocycles. The number of likely N-dealkylation sites (N-methyl/N-ethyl adjacent to an activating group) is 1. The van der Waals surface area contributed by atoms with Crippen LogP contribution in [0.1, 0.15) is 28.9 Å². The SMILES string of the molecule is CCOc1ccc(S(=O)(=O)Nc2ccc(C(=O)NCC(c3cccc(F)c3)N(C)C)cc2)cc1. The fraction of sp³-hybridized carbons (Fsp3) is 0.240. The molecule has 180 valence electrons. The number of sulfonamides is 1. The van der Waals surface area contributed by atoms with E-state index in [1.165, 1.54) is 48.5 Å². The lowest BCUT2D eigenvalue weighted by Crippen LogP contribution is -2.34. The maximum atomic E-state index is 13.6. The van der Waals surface area contributed by atoms with E-state index in [0.717, 1.165) is 5.56 Å². The minimum absolute atomic E-state index is 0.102. The van der Waals surface area contributed by atoms with Gasteiger partial charge in [-0.25, -0.2) is 12.8 Å². The van der Waals surface area contributed by atoms with E-state index < -0.39 is 10.0 Å². The number of anilines is 1. The zero-order chi connectivity index (χ0) is 24.7. The van der Waals surface area contributed by atoms with E-state index in [-0.39, 0.29) is 29.2 Å². The molecular weight excluding hydrogens is 457 g/mol. The second kappa shape index (κ2) is 11.1. The molecular formula is C25H28FN3O4S. The summed E-state index contributed by atoms with van der Waals surface area (Å²) in [6, 6.07) is 18.3. The van der Waals surface area contributed by atoms with Crippen molar-refractivity contribution >= 4 is 21.6 Å². The van der Waals surface area contributed by atoms with Crippen LogP contribution in [0.25, 0.3) is 0 Å². The Labute approximate surface area is 199 Å². The normalized spacial score (nSPS) is 12.3. The van der Waals surface area contributed by atoms with Crippen molar-refractivity contribution in [3.05, 3.63) is 89.7 Å². The van der Waals surface area contributed by atoms with Crippen LogP contribution in [0.5, 0.6) is 5.75 Å². The van der Waals surface area contributed by atoms with Crippen molar-refractivity contribution in [3.8, 4) is 5.75 Å². The predicted molar refractivity (Wildman–Crippen MR) is 130 cm³/mol. The molecule has 7 nitrogen and oxygen atoms in total. The second-order valence-electron chi connectivity index (χ2n) is 7.83. The number of carbonyl (C=O) groups excluding carboxylic acids is 1. The van der Waals surface area contributed by atoms with Gasteiger partial charge in [0.1, 0.15) is 11.6 Å². The van der Waals surface area contributed by atoms with Crippen molar-refractivity contribution in [2.75, 3.05) is 32.0 Å². The van der Waals surface area contributed by atoms with Gasteiger partial charge in [0.2, 0.25) is 0 Å². The van der Waals surface area contributed by atoms with Crippen LogP contribution >= 0.6 is 0 Å². The highest BCUT2D eigenvalue weighted by molar-refractivity contribution is 7.92. The third kappa shape index (κ3) is 6.55. The topological polar surface area (TPSA) is 87.7 Å². The molecule has 9 heteroatoms. The Kier molecular flexibility index (Phi) is 8.25. The van der Waals surface area contributed by atoms with Gasteiger partial charge < -0.3 is 15.0 Å². The van der Waals surface area contributed by atoms with Crippen LogP contribution < -0.4 is 14.8 Å². The highest BCUT2D eigenvalue weighted by Gasteiger charge is 2.17. The first-order valence-electron chi connectivity index (χ1n) is 10.8. The van der Waals surface area contributed by atoms with E-state index in [1.54, 1.807) is 18.2 Å². The smallest absolute Gasteiger partial charge is 0.261 e. The van der Waals surface area contributed by atoms with Gasteiger partial charge >= 0.3 is 0 Å². The third-order valence-corrected chi connectivity index (χ3v) is 6.55. The first-order valence-corrected chi connectivity index (χ1v) is 12.2. The van der Waals surface area contributed by atoms with Crippen LogP contribution in [0.2, 0.25) is 0 Å². The lowest BCUT2D eigenvalue weighted by Gasteiger charge is -2.25. The highest BCUT2D eigenvalue weighted by Crippen LogP contribution is 2.21. The summed E-state index contributed by atoms with van der Waals surface area (Å²) in [5, 5.41) is 2.85. The van der Waals surface area contributed by atoms with Crippen molar-refractivity contribution in [2.24, 2.45) is 0 Å². The molecule has 34 heavy (non-hydrogen) atoms. The lowest BCUT2D eigenvalue weighted by atomic mass is 10.1. The van der Waals surface area contributed by atoms with Crippen LogP contribution in [-0.2, 0) is 10.0 Å². The summed E-state index contributed by atoms with van der Waals surface area (Å²) in [4.78, 5) is 14.6. The van der Waals surface area contributed by atoms with E-state index in [0.29, 0.717) is 23.6 Å². The monoisotopic (exact) mass is 485 g/mol. The van der Waals surface area contributed by atoms with Crippen LogP contribution in [0.15, 0.2) is 77.7 Å². The van der Waals surface area contributed by atoms with Crippen molar-refractivity contribution in [1.82, 2.24) is 10.2 Å². The minimum atomic E-state index is -3.79. The van der Waals surface area contributed by atoms with Crippen molar-refractivity contribution < 1.29 is 22.3 Å². The van der Waals surface area contributed by atoms with Crippen LogP contribution in [0, 0.1) is 5.82 Å². The van der Waals surface area contributed by atoms with E-state index in [4.69, 9.17) is 4.74 Å². The molecule has 0 aliphatic heterocycles. The fourth-order valence-electron chi connectivity index (χ4n) is 3.39. The first-order chi connectivity index (χ1) is 16.2. The number of halogens is 1. The zero-order valence-electron chi connectivity index (χ0n) is 19.3. The van der Waals surface area contributed by atoms with Gasteiger partial charge in [0.15, 0.2) is 0 Å². The molecule has 3 rings (SSSR count). The average Bonchev–Trinajstić information content (AvgIpc) is 2.80. The Morgan fingerprint density at radius 1 is 1.03 bits per heavy atom. The largest absolute Gasteiger partial charge is 0.494 e. The molecule has 0 bridgehead atoms. The van der Waals surface area contributed by atoms with E-state index in [9.17, 15) is 17.6 Å². The molecule has 3 aromatic rings. The van der Waals surface area contributed by atoms with Gasteiger partial charge in [-0.05, 0) is 87.2 Å². The fourth-order valence-corrected chi connectivity index (χ4v) is 4.45. The first kappa shape index (κ1) is 25.2. The Morgan fingerprint density at radius 3 is 2.29 bits per heavy atom. The predicted octanol–water partition coefficient (Wildman–Crippen LogP) is 4.06. The summed E-state index contributed by atoms with van der Waals surface area (Å²) in [6.07, 6.45) is 0. The molecule has 1 amide bonds. The molecule has 0 saturated heterocycles. The Bertz CT molecular complexity index is 1210. The number of hydrogen-bond donors (Lipinski definition) is 2. The van der Waals surface area contributed by atoms with Gasteiger partial charge in [-0.3, -0.25) is 9.52 Å². The minimum Gasteiger partial charge on any atom is -0.494 e. The molecule has 3 aromatic carbocycles. The molecule has 0 saturated carbocycles. The number of carbonyl (C=O) groups is 1. The van der Waals surface area contributed by atoms with Crippen LogP contribution in [0.3, 0.4) is 0 Å². The number of nitrogens with zero attached hydrogens (tertiary/aromatic N) is 1. The Morgan fingerprint density at radius 2 is 1.71 bits per heavy atom. The van der Waals surface area contributed by atoms with Gasteiger partial charge in [-0.1, -0.05) is 12.1 Å². The van der Waals surface area contributed by atoms with Gasteiger partial charge in [0.05, 0.1) is 17.5 Å². The van der Waals surface area contributed by atoms with E-state index >= 15 is 0 Å². The van der Waals surface area contributed by atoms with E-state index in [1.807, 2.05) is 32.0 Å². The quantitative estimate of drug-likeness (QED) is 0.452. The van der Waals surface area contributed by atoms with Crippen molar-refractivity contribution in [1.29, 1.82) is 0 Å². The molecule has 0 fully saturated rings. The molecule has 0 aliphatic rings. The summed E-state index contributed by atoms with van der Waals surface area (Å²) in [6.45, 7) is 2.62. The highest BCUT2D eigenvalue weighted by atomic mass is 32.2. The number of amides is 1. The molecule has 2 N–H and O–H groups in total. The van der Waals surface area contributed by atoms with Gasteiger partial charge in [0, 0.05) is 17.8 Å². The molecule has 1 unspecified atom stereocenters. The van der Waals surface area contributed by atoms with Gasteiger partial charge in [-0.2, -0.15) is 0 Å². The third-order valence-electron chi connectivity index (χ3n) is 5.16. The molecule has 0 spiro atoms. The summed E-state index contributed by atoms with van der Waals surface area (Å²) in [5.41, 5.74) is 1.46. The van der Waals surface area contributed by atoms with Crippen LogP contribution in [0.4, 0.5) is 10.1 Å². The summed E-state index contributed by atoms with van der Waals surface area (Å²) in [5.74, 6) is -0.0613. The maximum Gasteiger partial charge on any atom is 0.261 e. The number of nitrogens with one attached hydrogen (secondary N) is 2. The molecule has 0 radical (unpaired) electrons. The second-order valence-corrected chi connectivity index (χ2v) is 9.51.